The molecule has 0 radical (unpaired) electrons. The molecule has 1 atom stereocenters. The molecule has 1 aliphatic heterocycles. The molecular formula is C22H18ClFN2O2. The van der Waals surface area contributed by atoms with Gasteiger partial charge in [-0.15, -0.1) is 0 Å². The summed E-state index contributed by atoms with van der Waals surface area (Å²) in [5.74, 6) is -0.837. The molecule has 1 unspecified atom stereocenters. The first-order valence-corrected chi connectivity index (χ1v) is 9.36. The van der Waals surface area contributed by atoms with Gasteiger partial charge in [0, 0.05) is 41.4 Å². The molecule has 2 aromatic rings. The summed E-state index contributed by atoms with van der Waals surface area (Å²) < 4.78 is 22.6. The van der Waals surface area contributed by atoms with E-state index in [1.54, 1.807) is 35.2 Å². The molecule has 4 nitrogen and oxygen atoms in total. The van der Waals surface area contributed by atoms with E-state index in [0.29, 0.717) is 24.2 Å². The molecule has 0 spiro atoms. The second-order valence-corrected chi connectivity index (χ2v) is 8.28. The van der Waals surface area contributed by atoms with Crippen molar-refractivity contribution in [1.82, 2.24) is 4.57 Å². The average Bonchev–Trinajstić information content (AvgIpc) is 3.14. The zero-order chi connectivity index (χ0) is 20.1. The van der Waals surface area contributed by atoms with Crippen LogP contribution in [0.2, 0.25) is 5.02 Å². The normalized spacial score (nSPS) is 21.2. The van der Waals surface area contributed by atoms with Gasteiger partial charge in [-0.05, 0) is 29.7 Å². The molecule has 0 bridgehead atoms. The van der Waals surface area contributed by atoms with Crippen molar-refractivity contribution in [2.45, 2.75) is 32.6 Å². The summed E-state index contributed by atoms with van der Waals surface area (Å²) in [4.78, 5) is 13.1. The number of benzene rings is 1. The first-order valence-electron chi connectivity index (χ1n) is 8.98. The van der Waals surface area contributed by atoms with E-state index in [0.717, 1.165) is 0 Å². The van der Waals surface area contributed by atoms with Crippen molar-refractivity contribution >= 4 is 23.3 Å². The van der Waals surface area contributed by atoms with Gasteiger partial charge in [-0.3, -0.25) is 9.36 Å². The molecule has 0 fully saturated rings. The second kappa shape index (κ2) is 6.65. The van der Waals surface area contributed by atoms with E-state index < -0.39 is 11.7 Å². The Morgan fingerprint density at radius 1 is 1.25 bits per heavy atom. The highest BCUT2D eigenvalue weighted by atomic mass is 35.5. The SMILES string of the molecule is CC1(C)CC(=O)C2=C(C1)OC(n1cccc1)=C(C#N)C2c1c(F)cccc1Cl. The van der Waals surface area contributed by atoms with E-state index in [4.69, 9.17) is 16.3 Å². The number of carbonyl (C=O) groups is 1. The van der Waals surface area contributed by atoms with Crippen molar-refractivity contribution in [1.29, 1.82) is 5.26 Å². The summed E-state index contributed by atoms with van der Waals surface area (Å²) in [5, 5.41) is 10.1. The van der Waals surface area contributed by atoms with Crippen LogP contribution in [0.3, 0.4) is 0 Å². The van der Waals surface area contributed by atoms with Crippen LogP contribution in [-0.4, -0.2) is 10.4 Å². The van der Waals surface area contributed by atoms with Crippen LogP contribution in [0.15, 0.2) is 59.6 Å². The minimum Gasteiger partial charge on any atom is -0.443 e. The fraction of sp³-hybridized carbons (Fsp3) is 0.273. The number of hydrogen-bond donors (Lipinski definition) is 0. The summed E-state index contributed by atoms with van der Waals surface area (Å²) in [6.45, 7) is 3.98. The molecule has 1 aromatic carbocycles. The summed E-state index contributed by atoms with van der Waals surface area (Å²) in [6.07, 6.45) is 4.30. The van der Waals surface area contributed by atoms with E-state index in [-0.39, 0.29) is 33.2 Å². The number of allylic oxidation sites excluding steroid dienone is 3. The lowest BCUT2D eigenvalue weighted by Gasteiger charge is -2.38. The highest BCUT2D eigenvalue weighted by Crippen LogP contribution is 2.50. The lowest BCUT2D eigenvalue weighted by Crippen LogP contribution is -2.33. The number of hydrogen-bond acceptors (Lipinski definition) is 3. The average molecular weight is 397 g/mol. The molecule has 0 amide bonds. The minimum absolute atomic E-state index is 0.134. The number of aromatic nitrogens is 1. The molecular weight excluding hydrogens is 379 g/mol. The van der Waals surface area contributed by atoms with E-state index in [1.165, 1.54) is 12.1 Å². The van der Waals surface area contributed by atoms with Gasteiger partial charge in [0.05, 0.1) is 5.92 Å². The van der Waals surface area contributed by atoms with Crippen molar-refractivity contribution in [3.05, 3.63) is 76.0 Å². The summed E-state index contributed by atoms with van der Waals surface area (Å²) >= 11 is 6.34. The van der Waals surface area contributed by atoms with Crippen LogP contribution >= 0.6 is 11.6 Å². The Kier molecular flexibility index (Phi) is 4.40. The molecule has 6 heteroatoms. The highest BCUT2D eigenvalue weighted by molar-refractivity contribution is 6.31. The largest absolute Gasteiger partial charge is 0.443 e. The summed E-state index contributed by atoms with van der Waals surface area (Å²) in [7, 11) is 0. The third-order valence-electron chi connectivity index (χ3n) is 5.15. The zero-order valence-electron chi connectivity index (χ0n) is 15.5. The summed E-state index contributed by atoms with van der Waals surface area (Å²) in [5.41, 5.74) is 0.342. The number of rotatable bonds is 2. The van der Waals surface area contributed by atoms with Gasteiger partial charge >= 0.3 is 0 Å². The van der Waals surface area contributed by atoms with Crippen molar-refractivity contribution in [3.8, 4) is 6.07 Å². The maximum atomic E-state index is 14.9. The Morgan fingerprint density at radius 3 is 2.61 bits per heavy atom. The fourth-order valence-corrected chi connectivity index (χ4v) is 4.25. The Hall–Kier alpha value is -2.84. The Labute approximate surface area is 167 Å². The van der Waals surface area contributed by atoms with Crippen LogP contribution in [0.25, 0.3) is 5.88 Å². The molecule has 0 N–H and O–H groups in total. The molecule has 0 saturated heterocycles. The van der Waals surface area contributed by atoms with Crippen LogP contribution in [0.5, 0.6) is 0 Å². The van der Waals surface area contributed by atoms with Crippen molar-refractivity contribution in [2.75, 3.05) is 0 Å². The number of ether oxygens (including phenoxy) is 1. The van der Waals surface area contributed by atoms with Gasteiger partial charge in [0.1, 0.15) is 23.2 Å². The van der Waals surface area contributed by atoms with Crippen LogP contribution in [0.4, 0.5) is 4.39 Å². The summed E-state index contributed by atoms with van der Waals surface area (Å²) in [6, 6.07) is 10.1. The number of nitrogens with zero attached hydrogens (tertiary/aromatic N) is 2. The van der Waals surface area contributed by atoms with Crippen LogP contribution in [0.1, 0.15) is 38.2 Å². The van der Waals surface area contributed by atoms with E-state index in [2.05, 4.69) is 6.07 Å². The maximum absolute atomic E-state index is 14.9. The lowest BCUT2D eigenvalue weighted by molar-refractivity contribution is -0.118. The van der Waals surface area contributed by atoms with E-state index in [9.17, 15) is 14.4 Å². The Morgan fingerprint density at radius 2 is 1.96 bits per heavy atom. The van der Waals surface area contributed by atoms with Gasteiger partial charge in [-0.2, -0.15) is 5.26 Å². The van der Waals surface area contributed by atoms with Gasteiger partial charge in [-0.25, -0.2) is 4.39 Å². The lowest BCUT2D eigenvalue weighted by atomic mass is 9.70. The Balaban J connectivity index is 2.01. The second-order valence-electron chi connectivity index (χ2n) is 7.87. The third kappa shape index (κ3) is 2.94. The molecule has 0 saturated carbocycles. The fourth-order valence-electron chi connectivity index (χ4n) is 3.98. The van der Waals surface area contributed by atoms with Gasteiger partial charge in [-0.1, -0.05) is 31.5 Å². The van der Waals surface area contributed by atoms with Gasteiger partial charge in [0.15, 0.2) is 5.78 Å². The van der Waals surface area contributed by atoms with E-state index in [1.807, 2.05) is 13.8 Å². The molecule has 2 aliphatic rings. The van der Waals surface area contributed by atoms with Gasteiger partial charge < -0.3 is 4.74 Å². The quantitative estimate of drug-likeness (QED) is 0.680. The Bertz CT molecular complexity index is 1050. The minimum atomic E-state index is -0.900. The topological polar surface area (TPSA) is 55.0 Å². The number of halogens is 2. The monoisotopic (exact) mass is 396 g/mol. The van der Waals surface area contributed by atoms with E-state index >= 15 is 0 Å². The number of ketones is 1. The first kappa shape index (κ1) is 18.5. The zero-order valence-corrected chi connectivity index (χ0v) is 16.3. The van der Waals surface area contributed by atoms with Crippen molar-refractivity contribution < 1.29 is 13.9 Å². The molecule has 4 rings (SSSR count). The van der Waals surface area contributed by atoms with Crippen molar-refractivity contribution in [3.63, 3.8) is 0 Å². The third-order valence-corrected chi connectivity index (χ3v) is 5.48. The number of Topliss-reactive ketones (excluding diaryl/α,β-unsaturated/α-hetero) is 1. The van der Waals surface area contributed by atoms with Crippen molar-refractivity contribution in [2.24, 2.45) is 5.41 Å². The first-order chi connectivity index (χ1) is 13.3. The smallest absolute Gasteiger partial charge is 0.218 e. The van der Waals surface area contributed by atoms with Crippen LogP contribution in [0, 0.1) is 22.6 Å². The molecule has 1 aromatic heterocycles. The van der Waals surface area contributed by atoms with Gasteiger partial charge in [0.2, 0.25) is 5.88 Å². The number of nitriles is 1. The van der Waals surface area contributed by atoms with Crippen LogP contribution < -0.4 is 0 Å². The molecule has 2 heterocycles. The number of carbonyl (C=O) groups excluding carboxylic acids is 1. The highest BCUT2D eigenvalue weighted by Gasteiger charge is 2.45. The molecule has 28 heavy (non-hydrogen) atoms. The molecule has 142 valence electrons. The van der Waals surface area contributed by atoms with Crippen LogP contribution in [-0.2, 0) is 9.53 Å². The predicted octanol–water partition coefficient (Wildman–Crippen LogP) is 5.43. The predicted molar refractivity (Wildman–Crippen MR) is 104 cm³/mol. The molecule has 1 aliphatic carbocycles. The maximum Gasteiger partial charge on any atom is 0.218 e. The van der Waals surface area contributed by atoms with Gasteiger partial charge in [0.25, 0.3) is 0 Å². The standard InChI is InChI=1S/C22H18ClFN2O2/c1-22(2)10-16(27)20-17(11-22)28-21(26-8-3-4-9-26)13(12-25)18(20)19-14(23)6-5-7-15(19)24/h3-9,18H,10-11H2,1-2H3.